The standard InChI is InChI=1S/C16H16N2O2S/c1-3-16(19)18(8-15-17-7-11(2)21-15)14-5-4-12-9-20-10-13(12)6-14/h3-7H,1,8-10H2,2H3. The average molecular weight is 300 g/mol. The van der Waals surface area contributed by atoms with Crippen molar-refractivity contribution in [3.63, 3.8) is 0 Å². The lowest BCUT2D eigenvalue weighted by Gasteiger charge is -2.21. The van der Waals surface area contributed by atoms with Crippen molar-refractivity contribution in [2.45, 2.75) is 26.7 Å². The minimum atomic E-state index is -0.123. The van der Waals surface area contributed by atoms with Crippen molar-refractivity contribution in [3.05, 3.63) is 58.1 Å². The van der Waals surface area contributed by atoms with Crippen molar-refractivity contribution in [2.75, 3.05) is 4.90 Å². The molecule has 0 bridgehead atoms. The zero-order chi connectivity index (χ0) is 14.8. The van der Waals surface area contributed by atoms with Crippen LogP contribution in [0.5, 0.6) is 0 Å². The molecule has 0 saturated heterocycles. The van der Waals surface area contributed by atoms with E-state index in [0.717, 1.165) is 21.1 Å². The molecule has 1 aliphatic rings. The topological polar surface area (TPSA) is 42.4 Å². The van der Waals surface area contributed by atoms with Crippen LogP contribution in [-0.4, -0.2) is 10.9 Å². The molecule has 21 heavy (non-hydrogen) atoms. The van der Waals surface area contributed by atoms with E-state index >= 15 is 0 Å². The number of aryl methyl sites for hydroxylation is 1. The number of aromatic nitrogens is 1. The number of anilines is 1. The Hall–Kier alpha value is -1.98. The van der Waals surface area contributed by atoms with Gasteiger partial charge < -0.3 is 9.64 Å². The molecule has 0 unspecified atom stereocenters. The van der Waals surface area contributed by atoms with Crippen LogP contribution in [-0.2, 0) is 29.3 Å². The van der Waals surface area contributed by atoms with Gasteiger partial charge in [0.1, 0.15) is 5.01 Å². The van der Waals surface area contributed by atoms with Gasteiger partial charge in [-0.1, -0.05) is 12.6 Å². The number of nitrogens with zero attached hydrogens (tertiary/aromatic N) is 2. The fourth-order valence-electron chi connectivity index (χ4n) is 2.34. The van der Waals surface area contributed by atoms with Gasteiger partial charge in [0.2, 0.25) is 0 Å². The van der Waals surface area contributed by atoms with Crippen LogP contribution in [0.1, 0.15) is 21.0 Å². The Labute approximate surface area is 127 Å². The molecular weight excluding hydrogens is 284 g/mol. The zero-order valence-electron chi connectivity index (χ0n) is 11.8. The first-order valence-electron chi connectivity index (χ1n) is 6.72. The van der Waals surface area contributed by atoms with Crippen molar-refractivity contribution < 1.29 is 9.53 Å². The van der Waals surface area contributed by atoms with Gasteiger partial charge in [0.05, 0.1) is 19.8 Å². The molecule has 108 valence electrons. The first-order chi connectivity index (χ1) is 10.2. The highest BCUT2D eigenvalue weighted by Crippen LogP contribution is 2.27. The highest BCUT2D eigenvalue weighted by atomic mass is 32.1. The number of carbonyl (C=O) groups is 1. The minimum absolute atomic E-state index is 0.123. The largest absolute Gasteiger partial charge is 0.372 e. The molecule has 2 aromatic rings. The third-order valence-corrected chi connectivity index (χ3v) is 4.32. The molecular formula is C16H16N2O2S. The van der Waals surface area contributed by atoms with Crippen LogP contribution < -0.4 is 4.90 Å². The number of hydrogen-bond acceptors (Lipinski definition) is 4. The van der Waals surface area contributed by atoms with Crippen molar-refractivity contribution in [1.29, 1.82) is 0 Å². The number of benzene rings is 1. The summed E-state index contributed by atoms with van der Waals surface area (Å²) in [7, 11) is 0. The molecule has 0 fully saturated rings. The summed E-state index contributed by atoms with van der Waals surface area (Å²) >= 11 is 1.60. The van der Waals surface area contributed by atoms with Crippen LogP contribution >= 0.6 is 11.3 Å². The fraction of sp³-hybridized carbons (Fsp3) is 0.250. The average Bonchev–Trinajstić information content (AvgIpc) is 3.11. The number of thiazole rings is 1. The minimum Gasteiger partial charge on any atom is -0.372 e. The van der Waals surface area contributed by atoms with Gasteiger partial charge in [-0.2, -0.15) is 0 Å². The number of fused-ring (bicyclic) bond motifs is 1. The van der Waals surface area contributed by atoms with E-state index in [9.17, 15) is 4.79 Å². The number of rotatable bonds is 4. The van der Waals surface area contributed by atoms with Gasteiger partial charge in [-0.05, 0) is 36.3 Å². The van der Waals surface area contributed by atoms with E-state index in [1.807, 2.05) is 31.3 Å². The summed E-state index contributed by atoms with van der Waals surface area (Å²) in [6, 6.07) is 5.99. The van der Waals surface area contributed by atoms with Gasteiger partial charge in [-0.15, -0.1) is 11.3 Å². The van der Waals surface area contributed by atoms with E-state index in [4.69, 9.17) is 4.74 Å². The predicted molar refractivity (Wildman–Crippen MR) is 83.2 cm³/mol. The quantitative estimate of drug-likeness (QED) is 0.814. The van der Waals surface area contributed by atoms with E-state index in [-0.39, 0.29) is 5.91 Å². The molecule has 1 amide bonds. The van der Waals surface area contributed by atoms with Crippen LogP contribution in [0.3, 0.4) is 0 Å². The molecule has 0 aliphatic carbocycles. The Kier molecular flexibility index (Phi) is 3.86. The Bertz CT molecular complexity index is 693. The lowest BCUT2D eigenvalue weighted by atomic mass is 10.1. The molecule has 2 heterocycles. The van der Waals surface area contributed by atoms with E-state index in [1.54, 1.807) is 16.2 Å². The molecule has 0 spiro atoms. The second-order valence-electron chi connectivity index (χ2n) is 4.94. The molecule has 1 aromatic heterocycles. The lowest BCUT2D eigenvalue weighted by Crippen LogP contribution is -2.28. The maximum atomic E-state index is 12.2. The zero-order valence-corrected chi connectivity index (χ0v) is 12.7. The Morgan fingerprint density at radius 2 is 2.29 bits per heavy atom. The predicted octanol–water partition coefficient (Wildman–Crippen LogP) is 3.20. The Balaban J connectivity index is 1.91. The summed E-state index contributed by atoms with van der Waals surface area (Å²) in [5, 5.41) is 0.916. The number of amides is 1. The van der Waals surface area contributed by atoms with E-state index in [2.05, 4.69) is 11.6 Å². The number of carbonyl (C=O) groups excluding carboxylic acids is 1. The van der Waals surface area contributed by atoms with Crippen LogP contribution in [0.4, 0.5) is 5.69 Å². The van der Waals surface area contributed by atoms with Gasteiger partial charge in [0, 0.05) is 16.8 Å². The second-order valence-corrected chi connectivity index (χ2v) is 6.26. The van der Waals surface area contributed by atoms with Crippen LogP contribution in [0.15, 0.2) is 37.1 Å². The van der Waals surface area contributed by atoms with Crippen molar-refractivity contribution >= 4 is 22.9 Å². The smallest absolute Gasteiger partial charge is 0.250 e. The van der Waals surface area contributed by atoms with E-state index in [1.165, 1.54) is 11.6 Å². The van der Waals surface area contributed by atoms with Crippen molar-refractivity contribution in [3.8, 4) is 0 Å². The first kappa shape index (κ1) is 14.0. The van der Waals surface area contributed by atoms with Gasteiger partial charge in [0.15, 0.2) is 0 Å². The monoisotopic (exact) mass is 300 g/mol. The summed E-state index contributed by atoms with van der Waals surface area (Å²) in [5.74, 6) is -0.123. The first-order valence-corrected chi connectivity index (χ1v) is 7.54. The third kappa shape index (κ3) is 2.89. The van der Waals surface area contributed by atoms with Gasteiger partial charge in [-0.3, -0.25) is 4.79 Å². The summed E-state index contributed by atoms with van der Waals surface area (Å²) < 4.78 is 5.42. The van der Waals surface area contributed by atoms with E-state index < -0.39 is 0 Å². The molecule has 1 aliphatic heterocycles. The molecule has 5 heteroatoms. The highest BCUT2D eigenvalue weighted by Gasteiger charge is 2.18. The summed E-state index contributed by atoms with van der Waals surface area (Å²) in [5.41, 5.74) is 3.19. The molecule has 0 radical (unpaired) electrons. The number of hydrogen-bond donors (Lipinski definition) is 0. The lowest BCUT2D eigenvalue weighted by molar-refractivity contribution is -0.114. The van der Waals surface area contributed by atoms with Crippen LogP contribution in [0.25, 0.3) is 0 Å². The second kappa shape index (κ2) is 5.79. The third-order valence-electron chi connectivity index (χ3n) is 3.42. The Morgan fingerprint density at radius 1 is 1.48 bits per heavy atom. The van der Waals surface area contributed by atoms with E-state index in [0.29, 0.717) is 19.8 Å². The van der Waals surface area contributed by atoms with Crippen molar-refractivity contribution in [2.24, 2.45) is 0 Å². The summed E-state index contributed by atoms with van der Waals surface area (Å²) in [6.45, 7) is 7.32. The summed E-state index contributed by atoms with van der Waals surface area (Å²) in [4.78, 5) is 19.3. The van der Waals surface area contributed by atoms with Gasteiger partial charge >= 0.3 is 0 Å². The maximum absolute atomic E-state index is 12.2. The highest BCUT2D eigenvalue weighted by molar-refractivity contribution is 7.11. The molecule has 3 rings (SSSR count). The molecule has 4 nitrogen and oxygen atoms in total. The van der Waals surface area contributed by atoms with Gasteiger partial charge in [-0.25, -0.2) is 4.98 Å². The van der Waals surface area contributed by atoms with Crippen molar-refractivity contribution in [1.82, 2.24) is 4.98 Å². The normalized spacial score (nSPS) is 13.0. The SMILES string of the molecule is C=CC(=O)N(Cc1ncc(C)s1)c1ccc2c(c1)COC2. The van der Waals surface area contributed by atoms with Crippen LogP contribution in [0, 0.1) is 6.92 Å². The van der Waals surface area contributed by atoms with Gasteiger partial charge in [0.25, 0.3) is 5.91 Å². The number of ether oxygens (including phenoxy) is 1. The fourth-order valence-corrected chi connectivity index (χ4v) is 3.12. The molecule has 0 N–H and O–H groups in total. The maximum Gasteiger partial charge on any atom is 0.250 e. The molecule has 0 atom stereocenters. The van der Waals surface area contributed by atoms with Crippen LogP contribution in [0.2, 0.25) is 0 Å². The molecule has 0 saturated carbocycles. The molecule has 1 aromatic carbocycles. The Morgan fingerprint density at radius 3 is 3.00 bits per heavy atom. The summed E-state index contributed by atoms with van der Waals surface area (Å²) in [6.07, 6.45) is 3.16.